The molecule has 7 heteroatoms. The van der Waals surface area contributed by atoms with Crippen LogP contribution in [0.25, 0.3) is 0 Å². The second kappa shape index (κ2) is 8.63. The molecule has 0 saturated heterocycles. The van der Waals surface area contributed by atoms with Crippen molar-refractivity contribution in [3.8, 4) is 0 Å². The van der Waals surface area contributed by atoms with Crippen molar-refractivity contribution in [1.29, 1.82) is 0 Å². The SMILES string of the molecule is CCCC[C@@H](CC)c1nnc(NC(=O)CCC(=O)O)s1. The fourth-order valence-corrected chi connectivity index (χ4v) is 2.78. The fourth-order valence-electron chi connectivity index (χ4n) is 1.81. The van der Waals surface area contributed by atoms with Crippen LogP contribution in [0, 0.1) is 0 Å². The van der Waals surface area contributed by atoms with Crippen LogP contribution in [0.15, 0.2) is 0 Å². The lowest BCUT2D eigenvalue weighted by Crippen LogP contribution is -2.12. The number of hydrogen-bond donors (Lipinski definition) is 2. The molecule has 20 heavy (non-hydrogen) atoms. The highest BCUT2D eigenvalue weighted by atomic mass is 32.1. The van der Waals surface area contributed by atoms with Gasteiger partial charge < -0.3 is 10.4 Å². The van der Waals surface area contributed by atoms with Gasteiger partial charge >= 0.3 is 5.97 Å². The monoisotopic (exact) mass is 299 g/mol. The molecule has 0 radical (unpaired) electrons. The summed E-state index contributed by atoms with van der Waals surface area (Å²) < 4.78 is 0. The van der Waals surface area contributed by atoms with Crippen LogP contribution in [0.3, 0.4) is 0 Å². The lowest BCUT2D eigenvalue weighted by atomic mass is 10.0. The number of aliphatic carboxylic acids is 1. The van der Waals surface area contributed by atoms with E-state index in [1.165, 1.54) is 11.3 Å². The van der Waals surface area contributed by atoms with E-state index in [2.05, 4.69) is 29.4 Å². The van der Waals surface area contributed by atoms with Crippen LogP contribution in [0.2, 0.25) is 0 Å². The first kappa shape index (κ1) is 16.6. The number of hydrogen-bond acceptors (Lipinski definition) is 5. The maximum Gasteiger partial charge on any atom is 0.303 e. The van der Waals surface area contributed by atoms with Gasteiger partial charge in [0.2, 0.25) is 11.0 Å². The molecule has 0 saturated carbocycles. The highest BCUT2D eigenvalue weighted by molar-refractivity contribution is 7.15. The van der Waals surface area contributed by atoms with Gasteiger partial charge in [-0.25, -0.2) is 0 Å². The van der Waals surface area contributed by atoms with E-state index in [1.807, 2.05) is 0 Å². The van der Waals surface area contributed by atoms with Gasteiger partial charge in [0.15, 0.2) is 0 Å². The zero-order valence-corrected chi connectivity index (χ0v) is 12.7. The zero-order chi connectivity index (χ0) is 15.0. The van der Waals surface area contributed by atoms with Gasteiger partial charge in [0.05, 0.1) is 6.42 Å². The van der Waals surface area contributed by atoms with Crippen molar-refractivity contribution in [2.45, 2.75) is 58.3 Å². The third kappa shape index (κ3) is 5.64. The molecule has 0 aliphatic heterocycles. The Morgan fingerprint density at radius 3 is 2.65 bits per heavy atom. The quantitative estimate of drug-likeness (QED) is 0.731. The van der Waals surface area contributed by atoms with Crippen LogP contribution in [-0.2, 0) is 9.59 Å². The maximum atomic E-state index is 11.5. The van der Waals surface area contributed by atoms with E-state index in [0.717, 1.165) is 30.7 Å². The Hall–Kier alpha value is -1.50. The number of carboxylic acids is 1. The van der Waals surface area contributed by atoms with E-state index in [4.69, 9.17) is 5.11 Å². The molecule has 1 heterocycles. The summed E-state index contributed by atoms with van der Waals surface area (Å²) in [6.07, 6.45) is 4.16. The van der Waals surface area contributed by atoms with Crippen molar-refractivity contribution in [3.63, 3.8) is 0 Å². The van der Waals surface area contributed by atoms with E-state index in [0.29, 0.717) is 11.0 Å². The smallest absolute Gasteiger partial charge is 0.303 e. The van der Waals surface area contributed by atoms with Gasteiger partial charge in [0.1, 0.15) is 5.01 Å². The summed E-state index contributed by atoms with van der Waals surface area (Å²) in [6.45, 7) is 4.27. The second-order valence-corrected chi connectivity index (χ2v) is 5.64. The summed E-state index contributed by atoms with van der Waals surface area (Å²) in [7, 11) is 0. The van der Waals surface area contributed by atoms with Gasteiger partial charge in [-0.3, -0.25) is 9.59 Å². The largest absolute Gasteiger partial charge is 0.481 e. The van der Waals surface area contributed by atoms with Gasteiger partial charge in [-0.05, 0) is 12.8 Å². The predicted octanol–water partition coefficient (Wildman–Crippen LogP) is 3.03. The number of carbonyl (C=O) groups is 2. The topological polar surface area (TPSA) is 92.2 Å². The van der Waals surface area contributed by atoms with Gasteiger partial charge in [-0.2, -0.15) is 0 Å². The highest BCUT2D eigenvalue weighted by Crippen LogP contribution is 2.29. The molecule has 0 aliphatic rings. The third-order valence-electron chi connectivity index (χ3n) is 3.00. The Balaban J connectivity index is 2.53. The number of nitrogens with zero attached hydrogens (tertiary/aromatic N) is 2. The first-order chi connectivity index (χ1) is 9.56. The normalized spacial score (nSPS) is 12.1. The Morgan fingerprint density at radius 2 is 2.05 bits per heavy atom. The van der Waals surface area contributed by atoms with Gasteiger partial charge in [0, 0.05) is 12.3 Å². The molecular formula is C13H21N3O3S. The molecule has 1 aromatic heterocycles. The first-order valence-electron chi connectivity index (χ1n) is 6.91. The molecular weight excluding hydrogens is 278 g/mol. The maximum absolute atomic E-state index is 11.5. The number of amides is 1. The summed E-state index contributed by atoms with van der Waals surface area (Å²) in [6, 6.07) is 0. The molecule has 1 amide bonds. The first-order valence-corrected chi connectivity index (χ1v) is 7.73. The summed E-state index contributed by atoms with van der Waals surface area (Å²) in [5, 5.41) is 20.6. The molecule has 0 aromatic carbocycles. The Kier molecular flexibility index (Phi) is 7.14. The molecule has 2 N–H and O–H groups in total. The van der Waals surface area contributed by atoms with Crippen LogP contribution < -0.4 is 5.32 Å². The molecule has 0 fully saturated rings. The van der Waals surface area contributed by atoms with E-state index in [-0.39, 0.29) is 18.7 Å². The van der Waals surface area contributed by atoms with Crippen molar-refractivity contribution >= 4 is 28.3 Å². The van der Waals surface area contributed by atoms with Crippen molar-refractivity contribution in [2.75, 3.05) is 5.32 Å². The Labute approximate surface area is 122 Å². The van der Waals surface area contributed by atoms with E-state index < -0.39 is 5.97 Å². The molecule has 0 unspecified atom stereocenters. The number of unbranched alkanes of at least 4 members (excludes halogenated alkanes) is 1. The van der Waals surface area contributed by atoms with Crippen LogP contribution in [-0.4, -0.2) is 27.2 Å². The third-order valence-corrected chi connectivity index (χ3v) is 4.00. The zero-order valence-electron chi connectivity index (χ0n) is 11.9. The Bertz CT molecular complexity index is 448. The predicted molar refractivity (Wildman–Crippen MR) is 78.0 cm³/mol. The number of carboxylic acid groups (broad SMARTS) is 1. The molecule has 0 bridgehead atoms. The fraction of sp³-hybridized carbons (Fsp3) is 0.692. The molecule has 0 spiro atoms. The van der Waals surface area contributed by atoms with E-state index in [1.54, 1.807) is 0 Å². The standard InChI is InChI=1S/C13H21N3O3S/c1-3-5-6-9(4-2)12-15-16-13(20-12)14-10(17)7-8-11(18)19/h9H,3-8H2,1-2H3,(H,18,19)(H,14,16,17)/t9-/m1/s1. The van der Waals surface area contributed by atoms with Gasteiger partial charge in [-0.1, -0.05) is 38.0 Å². The van der Waals surface area contributed by atoms with Gasteiger partial charge in [0.25, 0.3) is 0 Å². The van der Waals surface area contributed by atoms with Crippen LogP contribution in [0.5, 0.6) is 0 Å². The Morgan fingerprint density at radius 1 is 1.30 bits per heavy atom. The van der Waals surface area contributed by atoms with Crippen molar-refractivity contribution in [3.05, 3.63) is 5.01 Å². The lowest BCUT2D eigenvalue weighted by Gasteiger charge is -2.09. The molecule has 1 rings (SSSR count). The molecule has 6 nitrogen and oxygen atoms in total. The van der Waals surface area contributed by atoms with E-state index in [9.17, 15) is 9.59 Å². The number of anilines is 1. The van der Waals surface area contributed by atoms with E-state index >= 15 is 0 Å². The number of aromatic nitrogens is 2. The number of rotatable bonds is 9. The summed E-state index contributed by atoms with van der Waals surface area (Å²) in [5.74, 6) is -0.933. The van der Waals surface area contributed by atoms with Gasteiger partial charge in [-0.15, -0.1) is 10.2 Å². The van der Waals surface area contributed by atoms with Crippen LogP contribution in [0.1, 0.15) is 63.3 Å². The summed E-state index contributed by atoms with van der Waals surface area (Å²) in [5.41, 5.74) is 0. The number of nitrogens with one attached hydrogen (secondary N) is 1. The molecule has 1 aromatic rings. The van der Waals surface area contributed by atoms with Crippen LogP contribution >= 0.6 is 11.3 Å². The second-order valence-electron chi connectivity index (χ2n) is 4.63. The molecule has 1 atom stereocenters. The lowest BCUT2D eigenvalue weighted by molar-refractivity contribution is -0.138. The number of carbonyl (C=O) groups excluding carboxylic acids is 1. The average Bonchev–Trinajstić information content (AvgIpc) is 2.86. The van der Waals surface area contributed by atoms with Crippen molar-refractivity contribution in [2.24, 2.45) is 0 Å². The minimum absolute atomic E-state index is 0.0444. The van der Waals surface area contributed by atoms with Crippen molar-refractivity contribution < 1.29 is 14.7 Å². The summed E-state index contributed by atoms with van der Waals surface area (Å²) in [4.78, 5) is 21.9. The average molecular weight is 299 g/mol. The van der Waals surface area contributed by atoms with Crippen molar-refractivity contribution in [1.82, 2.24) is 10.2 Å². The molecule has 0 aliphatic carbocycles. The highest BCUT2D eigenvalue weighted by Gasteiger charge is 2.16. The van der Waals surface area contributed by atoms with Crippen LogP contribution in [0.4, 0.5) is 5.13 Å². The minimum Gasteiger partial charge on any atom is -0.481 e. The minimum atomic E-state index is -0.983. The molecule has 112 valence electrons. The summed E-state index contributed by atoms with van der Waals surface area (Å²) >= 11 is 1.38.